The van der Waals surface area contributed by atoms with E-state index in [-0.39, 0.29) is 0 Å². The standard InChI is InChI=1S/C9H11N3O3/c1-6(8(13)14)11-9(15)12-7-2-4-10-5-3-7/h2-6H,1H3,(H,13,14)(H2,10,11,12,15). The Hall–Kier alpha value is -2.11. The molecular weight excluding hydrogens is 198 g/mol. The minimum Gasteiger partial charge on any atom is -0.480 e. The Balaban J connectivity index is 2.47. The number of aromatic nitrogens is 1. The third-order valence-electron chi connectivity index (χ3n) is 1.66. The third kappa shape index (κ3) is 3.63. The number of hydrogen-bond donors (Lipinski definition) is 3. The predicted octanol–water partition coefficient (Wildman–Crippen LogP) is 0.676. The minimum absolute atomic E-state index is 0.556. The van der Waals surface area contributed by atoms with Crippen molar-refractivity contribution in [3.05, 3.63) is 24.5 Å². The summed E-state index contributed by atoms with van der Waals surface area (Å²) in [6.07, 6.45) is 3.05. The van der Waals surface area contributed by atoms with E-state index >= 15 is 0 Å². The number of carbonyl (C=O) groups is 2. The number of urea groups is 1. The first-order chi connectivity index (χ1) is 7.09. The molecule has 1 atom stereocenters. The van der Waals surface area contributed by atoms with Gasteiger partial charge >= 0.3 is 12.0 Å². The van der Waals surface area contributed by atoms with E-state index in [0.29, 0.717) is 5.69 Å². The number of rotatable bonds is 3. The molecule has 80 valence electrons. The maximum absolute atomic E-state index is 11.2. The number of carbonyl (C=O) groups excluding carboxylic acids is 1. The monoisotopic (exact) mass is 209 g/mol. The van der Waals surface area contributed by atoms with Crippen LogP contribution in [0.4, 0.5) is 10.5 Å². The van der Waals surface area contributed by atoms with E-state index in [1.807, 2.05) is 0 Å². The second-order valence-electron chi connectivity index (χ2n) is 2.89. The molecule has 0 fully saturated rings. The molecule has 15 heavy (non-hydrogen) atoms. The van der Waals surface area contributed by atoms with Gasteiger partial charge in [-0.3, -0.25) is 9.78 Å². The van der Waals surface area contributed by atoms with E-state index in [4.69, 9.17) is 5.11 Å². The van der Waals surface area contributed by atoms with Crippen LogP contribution in [0.15, 0.2) is 24.5 Å². The van der Waals surface area contributed by atoms with Gasteiger partial charge in [0.05, 0.1) is 0 Å². The first-order valence-electron chi connectivity index (χ1n) is 4.30. The lowest BCUT2D eigenvalue weighted by molar-refractivity contribution is -0.138. The van der Waals surface area contributed by atoms with Gasteiger partial charge in [0.15, 0.2) is 0 Å². The molecule has 6 nitrogen and oxygen atoms in total. The van der Waals surface area contributed by atoms with E-state index in [1.54, 1.807) is 12.1 Å². The first kappa shape index (κ1) is 11.0. The van der Waals surface area contributed by atoms with Crippen molar-refractivity contribution in [2.45, 2.75) is 13.0 Å². The Bertz CT molecular complexity index is 353. The normalized spacial score (nSPS) is 11.5. The van der Waals surface area contributed by atoms with Crippen LogP contribution < -0.4 is 10.6 Å². The Morgan fingerprint density at radius 1 is 1.40 bits per heavy atom. The average molecular weight is 209 g/mol. The summed E-state index contributed by atoms with van der Waals surface area (Å²) in [4.78, 5) is 25.4. The van der Waals surface area contributed by atoms with Crippen LogP contribution in [0.1, 0.15) is 6.92 Å². The highest BCUT2D eigenvalue weighted by atomic mass is 16.4. The van der Waals surface area contributed by atoms with E-state index in [1.165, 1.54) is 19.3 Å². The molecule has 1 aromatic heterocycles. The molecular formula is C9H11N3O3. The molecule has 1 rings (SSSR count). The fraction of sp³-hybridized carbons (Fsp3) is 0.222. The SMILES string of the molecule is CC(NC(=O)Nc1ccncc1)C(=O)O. The fourth-order valence-corrected chi connectivity index (χ4v) is 0.861. The molecule has 1 unspecified atom stereocenters. The number of hydrogen-bond acceptors (Lipinski definition) is 3. The molecule has 0 aliphatic rings. The van der Waals surface area contributed by atoms with Gasteiger partial charge in [-0.05, 0) is 19.1 Å². The molecule has 1 heterocycles. The molecule has 0 saturated heterocycles. The van der Waals surface area contributed by atoms with Crippen LogP contribution >= 0.6 is 0 Å². The second kappa shape index (κ2) is 4.94. The molecule has 0 aliphatic heterocycles. The van der Waals surface area contributed by atoms with Crippen molar-refractivity contribution >= 4 is 17.7 Å². The van der Waals surface area contributed by atoms with Crippen LogP contribution in [0.2, 0.25) is 0 Å². The van der Waals surface area contributed by atoms with Gasteiger partial charge in [-0.15, -0.1) is 0 Å². The largest absolute Gasteiger partial charge is 0.480 e. The van der Waals surface area contributed by atoms with Crippen LogP contribution in [0.25, 0.3) is 0 Å². The van der Waals surface area contributed by atoms with Crippen LogP contribution in [-0.4, -0.2) is 28.1 Å². The van der Waals surface area contributed by atoms with Crippen molar-refractivity contribution in [3.8, 4) is 0 Å². The Kier molecular flexibility index (Phi) is 3.61. The highest BCUT2D eigenvalue weighted by Crippen LogP contribution is 2.02. The molecule has 3 N–H and O–H groups in total. The minimum atomic E-state index is -1.08. The first-order valence-corrected chi connectivity index (χ1v) is 4.30. The smallest absolute Gasteiger partial charge is 0.325 e. The number of carboxylic acids is 1. The van der Waals surface area contributed by atoms with E-state index in [2.05, 4.69) is 15.6 Å². The van der Waals surface area contributed by atoms with Gasteiger partial charge in [-0.25, -0.2) is 4.79 Å². The van der Waals surface area contributed by atoms with E-state index in [0.717, 1.165) is 0 Å². The quantitative estimate of drug-likeness (QED) is 0.682. The topological polar surface area (TPSA) is 91.3 Å². The van der Waals surface area contributed by atoms with Crippen LogP contribution in [0.3, 0.4) is 0 Å². The Morgan fingerprint density at radius 3 is 2.53 bits per heavy atom. The summed E-state index contributed by atoms with van der Waals surface area (Å²) < 4.78 is 0. The molecule has 0 aromatic carbocycles. The zero-order chi connectivity index (χ0) is 11.3. The summed E-state index contributed by atoms with van der Waals surface area (Å²) in [6.45, 7) is 1.38. The summed E-state index contributed by atoms with van der Waals surface area (Å²) in [5.41, 5.74) is 0.556. The van der Waals surface area contributed by atoms with Crippen LogP contribution in [0.5, 0.6) is 0 Å². The van der Waals surface area contributed by atoms with Crippen molar-refractivity contribution in [3.63, 3.8) is 0 Å². The van der Waals surface area contributed by atoms with Gasteiger partial charge in [0, 0.05) is 18.1 Å². The summed E-state index contributed by atoms with van der Waals surface area (Å²) >= 11 is 0. The van der Waals surface area contributed by atoms with Crippen molar-refractivity contribution in [1.82, 2.24) is 10.3 Å². The number of pyridine rings is 1. The van der Waals surface area contributed by atoms with Gasteiger partial charge in [0.2, 0.25) is 0 Å². The lowest BCUT2D eigenvalue weighted by Gasteiger charge is -2.10. The molecule has 0 radical (unpaired) electrons. The molecule has 1 aromatic rings. The van der Waals surface area contributed by atoms with Crippen molar-refractivity contribution in [1.29, 1.82) is 0 Å². The third-order valence-corrected chi connectivity index (χ3v) is 1.66. The number of nitrogens with one attached hydrogen (secondary N) is 2. The van der Waals surface area contributed by atoms with Gasteiger partial charge in [-0.1, -0.05) is 0 Å². The average Bonchev–Trinajstić information content (AvgIpc) is 2.18. The number of carboxylic acid groups (broad SMARTS) is 1. The van der Waals surface area contributed by atoms with Gasteiger partial charge in [0.1, 0.15) is 6.04 Å². The van der Waals surface area contributed by atoms with Crippen molar-refractivity contribution < 1.29 is 14.7 Å². The molecule has 2 amide bonds. The number of anilines is 1. The molecule has 0 saturated carbocycles. The van der Waals surface area contributed by atoms with Crippen molar-refractivity contribution in [2.75, 3.05) is 5.32 Å². The highest BCUT2D eigenvalue weighted by Gasteiger charge is 2.13. The maximum Gasteiger partial charge on any atom is 0.325 e. The van der Waals surface area contributed by atoms with E-state index < -0.39 is 18.0 Å². The molecule has 0 aliphatic carbocycles. The second-order valence-corrected chi connectivity index (χ2v) is 2.89. The van der Waals surface area contributed by atoms with Gasteiger partial charge in [0.25, 0.3) is 0 Å². The maximum atomic E-state index is 11.2. The Morgan fingerprint density at radius 2 is 2.00 bits per heavy atom. The number of nitrogens with zero attached hydrogens (tertiary/aromatic N) is 1. The summed E-state index contributed by atoms with van der Waals surface area (Å²) in [5, 5.41) is 13.3. The van der Waals surface area contributed by atoms with Gasteiger partial charge in [-0.2, -0.15) is 0 Å². The lowest BCUT2D eigenvalue weighted by atomic mass is 10.3. The molecule has 0 spiro atoms. The number of amides is 2. The van der Waals surface area contributed by atoms with Crippen LogP contribution in [-0.2, 0) is 4.79 Å². The van der Waals surface area contributed by atoms with Crippen molar-refractivity contribution in [2.24, 2.45) is 0 Å². The Labute approximate surface area is 86.3 Å². The molecule has 6 heteroatoms. The summed E-state index contributed by atoms with van der Waals surface area (Å²) in [6, 6.07) is 1.72. The van der Waals surface area contributed by atoms with Gasteiger partial charge < -0.3 is 15.7 Å². The highest BCUT2D eigenvalue weighted by molar-refractivity contribution is 5.91. The van der Waals surface area contributed by atoms with E-state index in [9.17, 15) is 9.59 Å². The predicted molar refractivity (Wildman–Crippen MR) is 53.5 cm³/mol. The summed E-state index contributed by atoms with van der Waals surface area (Å²) in [7, 11) is 0. The summed E-state index contributed by atoms with van der Waals surface area (Å²) in [5.74, 6) is -1.08. The van der Waals surface area contributed by atoms with Crippen LogP contribution in [0, 0.1) is 0 Å². The zero-order valence-electron chi connectivity index (χ0n) is 8.10. The lowest BCUT2D eigenvalue weighted by Crippen LogP contribution is -2.40. The number of aliphatic carboxylic acids is 1. The molecule has 0 bridgehead atoms. The fourth-order valence-electron chi connectivity index (χ4n) is 0.861. The zero-order valence-corrected chi connectivity index (χ0v) is 8.10.